The van der Waals surface area contributed by atoms with Crippen LogP contribution in [0.1, 0.15) is 59.8 Å². The topological polar surface area (TPSA) is 126 Å². The van der Waals surface area contributed by atoms with Crippen LogP contribution in [0.4, 0.5) is 5.82 Å². The largest absolute Gasteiger partial charge is 0.382 e. The van der Waals surface area contributed by atoms with Gasteiger partial charge in [-0.2, -0.15) is 0 Å². The highest BCUT2D eigenvalue weighted by Crippen LogP contribution is 2.52. The number of nitrogens with one attached hydrogen (secondary N) is 2. The van der Waals surface area contributed by atoms with Gasteiger partial charge in [0.05, 0.1) is 13.1 Å². The van der Waals surface area contributed by atoms with Crippen LogP contribution in [0.15, 0.2) is 30.5 Å². The molecule has 4 heterocycles. The van der Waals surface area contributed by atoms with Gasteiger partial charge in [0.25, 0.3) is 17.6 Å². The standard InChI is InChI=1S/C26H30N8O2/c1-3-33-18-6-5-16(25(36)32-12-10-26(15-32)8-9-26)13-19(18)34(4-2)20(33)14-29-24(35)21-22(27)31-23-17(30-21)7-11-28-23/h5-7,11,13H,3-4,8-10,12,14-15H2,1-2H3,(H3-,27,28,29,30,31,35)/p+1. The van der Waals surface area contributed by atoms with Crippen molar-refractivity contribution in [1.82, 2.24) is 29.7 Å². The van der Waals surface area contributed by atoms with E-state index in [0.29, 0.717) is 35.2 Å². The Labute approximate surface area is 208 Å². The monoisotopic (exact) mass is 487 g/mol. The predicted octanol–water partition coefficient (Wildman–Crippen LogP) is 2.38. The minimum absolute atomic E-state index is 0.0832. The zero-order valence-electron chi connectivity index (χ0n) is 20.7. The molecule has 0 unspecified atom stereocenters. The van der Waals surface area contributed by atoms with Crippen molar-refractivity contribution in [2.45, 2.75) is 52.7 Å². The van der Waals surface area contributed by atoms with Crippen LogP contribution in [0.2, 0.25) is 0 Å². The number of carbonyl (C=O) groups excluding carboxylic acids is 2. The summed E-state index contributed by atoms with van der Waals surface area (Å²) in [6, 6.07) is 7.71. The first-order valence-corrected chi connectivity index (χ1v) is 12.7. The maximum absolute atomic E-state index is 13.3. The molecule has 0 bridgehead atoms. The van der Waals surface area contributed by atoms with Crippen molar-refractivity contribution >= 4 is 39.8 Å². The summed E-state index contributed by atoms with van der Waals surface area (Å²) in [6.07, 6.45) is 5.33. The first kappa shape index (κ1) is 22.5. The van der Waals surface area contributed by atoms with Gasteiger partial charge >= 0.3 is 0 Å². The number of aromatic nitrogens is 5. The molecule has 36 heavy (non-hydrogen) atoms. The number of benzene rings is 1. The number of nitrogens with two attached hydrogens (primary N) is 1. The molecule has 1 aromatic carbocycles. The van der Waals surface area contributed by atoms with Crippen LogP contribution in [-0.4, -0.2) is 49.3 Å². The fraction of sp³-hybridized carbons (Fsp3) is 0.423. The third-order valence-electron chi connectivity index (χ3n) is 7.78. The van der Waals surface area contributed by atoms with Crippen molar-refractivity contribution < 1.29 is 14.2 Å². The highest BCUT2D eigenvalue weighted by atomic mass is 16.2. The molecule has 4 N–H and O–H groups in total. The number of hydrogen-bond acceptors (Lipinski definition) is 5. The maximum Gasteiger partial charge on any atom is 0.277 e. The number of anilines is 1. The maximum atomic E-state index is 13.3. The van der Waals surface area contributed by atoms with Crippen LogP contribution in [0, 0.1) is 5.41 Å². The van der Waals surface area contributed by atoms with Crippen molar-refractivity contribution in [1.29, 1.82) is 0 Å². The van der Waals surface area contributed by atoms with E-state index in [1.165, 1.54) is 12.8 Å². The molecule has 10 nitrogen and oxygen atoms in total. The summed E-state index contributed by atoms with van der Waals surface area (Å²) in [5.74, 6) is 0.759. The summed E-state index contributed by atoms with van der Waals surface area (Å²) in [5, 5.41) is 2.97. The van der Waals surface area contributed by atoms with Crippen molar-refractivity contribution in [2.24, 2.45) is 5.41 Å². The molecule has 0 radical (unpaired) electrons. The van der Waals surface area contributed by atoms with Crippen LogP contribution in [0.5, 0.6) is 0 Å². The summed E-state index contributed by atoms with van der Waals surface area (Å²) in [6.45, 7) is 7.60. The molecule has 1 aliphatic heterocycles. The molecule has 0 atom stereocenters. The molecule has 1 aliphatic carbocycles. The smallest absolute Gasteiger partial charge is 0.277 e. The Kier molecular flexibility index (Phi) is 5.20. The Balaban J connectivity index is 1.29. The van der Waals surface area contributed by atoms with Gasteiger partial charge in [0.15, 0.2) is 28.2 Å². The van der Waals surface area contributed by atoms with Crippen LogP contribution < -0.4 is 15.6 Å². The second kappa shape index (κ2) is 8.32. The van der Waals surface area contributed by atoms with E-state index in [-0.39, 0.29) is 23.3 Å². The Bertz CT molecular complexity index is 1510. The molecule has 4 aromatic rings. The van der Waals surface area contributed by atoms with Gasteiger partial charge < -0.3 is 20.9 Å². The highest BCUT2D eigenvalue weighted by molar-refractivity contribution is 5.98. The van der Waals surface area contributed by atoms with E-state index in [4.69, 9.17) is 5.73 Å². The summed E-state index contributed by atoms with van der Waals surface area (Å²) in [7, 11) is 0. The summed E-state index contributed by atoms with van der Waals surface area (Å²) in [5.41, 5.74) is 10.4. The number of hydrogen-bond donors (Lipinski definition) is 3. The molecule has 1 saturated carbocycles. The quantitative estimate of drug-likeness (QED) is 0.360. The second-order valence-electron chi connectivity index (χ2n) is 9.94. The normalized spacial score (nSPS) is 16.3. The SMILES string of the molecule is CCn1c(CNC(=O)c2nc3cc[nH]c3nc2N)[n+](CC)c2ccc(C(=O)N3CCC4(CC4)C3)cc21. The number of carbonyl (C=O) groups is 2. The number of imidazole rings is 1. The number of aromatic amines is 1. The van der Waals surface area contributed by atoms with E-state index in [2.05, 4.69) is 43.3 Å². The first-order valence-electron chi connectivity index (χ1n) is 12.7. The van der Waals surface area contributed by atoms with E-state index in [9.17, 15) is 9.59 Å². The van der Waals surface area contributed by atoms with Crippen LogP contribution in [0.25, 0.3) is 22.2 Å². The third kappa shape index (κ3) is 3.59. The van der Waals surface area contributed by atoms with E-state index < -0.39 is 0 Å². The zero-order chi connectivity index (χ0) is 25.0. The van der Waals surface area contributed by atoms with Gasteiger partial charge in [0.2, 0.25) is 0 Å². The third-order valence-corrected chi connectivity index (χ3v) is 7.78. The van der Waals surface area contributed by atoms with E-state index in [1.807, 2.05) is 23.1 Å². The van der Waals surface area contributed by atoms with Crippen molar-refractivity contribution in [3.63, 3.8) is 0 Å². The molecule has 2 aliphatic rings. The fourth-order valence-corrected chi connectivity index (χ4v) is 5.59. The molecular weight excluding hydrogens is 456 g/mol. The number of nitrogens with zero attached hydrogens (tertiary/aromatic N) is 5. The molecule has 2 fully saturated rings. The van der Waals surface area contributed by atoms with E-state index in [0.717, 1.165) is 42.9 Å². The van der Waals surface area contributed by atoms with Crippen LogP contribution in [-0.2, 0) is 19.6 Å². The molecule has 10 heteroatoms. The lowest BCUT2D eigenvalue weighted by molar-refractivity contribution is -0.676. The fourth-order valence-electron chi connectivity index (χ4n) is 5.59. The van der Waals surface area contributed by atoms with Crippen molar-refractivity contribution in [2.75, 3.05) is 18.8 Å². The van der Waals surface area contributed by atoms with Crippen LogP contribution in [0.3, 0.4) is 0 Å². The van der Waals surface area contributed by atoms with Crippen molar-refractivity contribution in [3.8, 4) is 0 Å². The number of fused-ring (bicyclic) bond motifs is 2. The number of aryl methyl sites for hydroxylation is 2. The minimum Gasteiger partial charge on any atom is -0.382 e. The number of nitrogen functional groups attached to an aromatic ring is 1. The molecule has 6 rings (SSSR count). The Morgan fingerprint density at radius 2 is 2.03 bits per heavy atom. The molecule has 186 valence electrons. The van der Waals surface area contributed by atoms with Gasteiger partial charge in [0, 0.05) is 30.9 Å². The summed E-state index contributed by atoms with van der Waals surface area (Å²) in [4.78, 5) is 39.8. The van der Waals surface area contributed by atoms with E-state index >= 15 is 0 Å². The lowest BCUT2D eigenvalue weighted by Crippen LogP contribution is -2.40. The molecule has 1 saturated heterocycles. The van der Waals surface area contributed by atoms with Gasteiger partial charge in [0.1, 0.15) is 12.1 Å². The Hall–Kier alpha value is -3.95. The average molecular weight is 488 g/mol. The Morgan fingerprint density at radius 3 is 2.75 bits per heavy atom. The number of likely N-dealkylation sites (tertiary alicyclic amines) is 1. The highest BCUT2D eigenvalue weighted by Gasteiger charge is 2.48. The van der Waals surface area contributed by atoms with E-state index in [1.54, 1.807) is 12.3 Å². The lowest BCUT2D eigenvalue weighted by Gasteiger charge is -2.16. The second-order valence-corrected chi connectivity index (χ2v) is 9.94. The lowest BCUT2D eigenvalue weighted by atomic mass is 10.1. The van der Waals surface area contributed by atoms with Gasteiger partial charge in [-0.3, -0.25) is 9.59 Å². The number of amides is 2. The van der Waals surface area contributed by atoms with Crippen LogP contribution >= 0.6 is 0 Å². The minimum atomic E-state index is -0.377. The van der Waals surface area contributed by atoms with Gasteiger partial charge in [-0.1, -0.05) is 0 Å². The van der Waals surface area contributed by atoms with Gasteiger partial charge in [-0.05, 0) is 56.7 Å². The van der Waals surface area contributed by atoms with Gasteiger partial charge in [-0.25, -0.2) is 19.1 Å². The first-order chi connectivity index (χ1) is 17.4. The van der Waals surface area contributed by atoms with Gasteiger partial charge in [-0.15, -0.1) is 0 Å². The molecule has 2 amide bonds. The summed E-state index contributed by atoms with van der Waals surface area (Å²) >= 11 is 0. The zero-order valence-corrected chi connectivity index (χ0v) is 20.7. The molecule has 3 aromatic heterocycles. The van der Waals surface area contributed by atoms with Crippen molar-refractivity contribution in [3.05, 3.63) is 47.5 Å². The number of H-pyrrole nitrogens is 1. The predicted molar refractivity (Wildman–Crippen MR) is 135 cm³/mol. The number of rotatable bonds is 6. The summed E-state index contributed by atoms with van der Waals surface area (Å²) < 4.78 is 4.33. The average Bonchev–Trinajstić information content (AvgIpc) is 3.19. The molecular formula is C26H31N8O2+. The Morgan fingerprint density at radius 1 is 1.19 bits per heavy atom. The molecule has 1 spiro atoms.